The van der Waals surface area contributed by atoms with Crippen molar-refractivity contribution in [1.29, 1.82) is 0 Å². The average Bonchev–Trinajstić information content (AvgIpc) is 2.48. The maximum atomic E-state index is 5.72. The molecule has 3 heteroatoms. The fraction of sp³-hybridized carbons (Fsp3) is 0.333. The molecule has 0 aliphatic carbocycles. The summed E-state index contributed by atoms with van der Waals surface area (Å²) < 4.78 is 6.85. The van der Waals surface area contributed by atoms with E-state index < -0.39 is 0 Å². The van der Waals surface area contributed by atoms with Gasteiger partial charge in [-0.25, -0.2) is 0 Å². The highest BCUT2D eigenvalue weighted by molar-refractivity contribution is 9.10. The largest absolute Gasteiger partial charge is 0.494 e. The first-order valence-corrected chi connectivity index (χ1v) is 8.15. The zero-order valence-corrected chi connectivity index (χ0v) is 14.4. The Bertz CT molecular complexity index is 585. The van der Waals surface area contributed by atoms with Crippen molar-refractivity contribution in [3.8, 4) is 5.75 Å². The molecule has 112 valence electrons. The van der Waals surface area contributed by atoms with Gasteiger partial charge in [-0.3, -0.25) is 0 Å². The molecule has 2 atom stereocenters. The van der Waals surface area contributed by atoms with Crippen molar-refractivity contribution in [3.05, 3.63) is 64.1 Å². The Kier molecular flexibility index (Phi) is 5.83. The first-order valence-electron chi connectivity index (χ1n) is 7.35. The minimum absolute atomic E-state index is 0.217. The molecule has 0 bridgehead atoms. The molecule has 2 nitrogen and oxygen atoms in total. The van der Waals surface area contributed by atoms with Crippen LogP contribution >= 0.6 is 15.9 Å². The van der Waals surface area contributed by atoms with E-state index in [0.717, 1.165) is 10.2 Å². The van der Waals surface area contributed by atoms with Crippen LogP contribution in [0.5, 0.6) is 5.75 Å². The highest BCUT2D eigenvalue weighted by Crippen LogP contribution is 2.29. The summed E-state index contributed by atoms with van der Waals surface area (Å²) in [5, 5.41) is 3.64. The third-order valence-electron chi connectivity index (χ3n) is 3.56. The predicted molar refractivity (Wildman–Crippen MR) is 91.7 cm³/mol. The smallest absolute Gasteiger partial charge is 0.124 e. The summed E-state index contributed by atoms with van der Waals surface area (Å²) >= 11 is 3.62. The van der Waals surface area contributed by atoms with Crippen LogP contribution in [0.2, 0.25) is 0 Å². The van der Waals surface area contributed by atoms with Gasteiger partial charge in [0.2, 0.25) is 0 Å². The second-order valence-corrected chi connectivity index (χ2v) is 5.96. The van der Waals surface area contributed by atoms with Gasteiger partial charge in [-0.1, -0.05) is 52.3 Å². The highest BCUT2D eigenvalue weighted by atomic mass is 79.9. The highest BCUT2D eigenvalue weighted by Gasteiger charge is 2.15. The van der Waals surface area contributed by atoms with Crippen LogP contribution in [0, 0.1) is 0 Å². The van der Waals surface area contributed by atoms with Crippen molar-refractivity contribution in [2.24, 2.45) is 0 Å². The Morgan fingerprint density at radius 1 is 0.952 bits per heavy atom. The average molecular weight is 348 g/mol. The lowest BCUT2D eigenvalue weighted by Crippen LogP contribution is -2.23. The van der Waals surface area contributed by atoms with Gasteiger partial charge in [-0.05, 0) is 38.5 Å². The summed E-state index contributed by atoms with van der Waals surface area (Å²) in [6, 6.07) is 17.0. The summed E-state index contributed by atoms with van der Waals surface area (Å²) in [6.45, 7) is 7.05. The predicted octanol–water partition coefficient (Wildman–Crippen LogP) is 5.26. The molecule has 0 spiro atoms. The molecule has 0 radical (unpaired) electrons. The van der Waals surface area contributed by atoms with E-state index >= 15 is 0 Å². The summed E-state index contributed by atoms with van der Waals surface area (Å²) in [6.07, 6.45) is 0. The molecule has 1 N–H and O–H groups in total. The molecule has 0 aliphatic heterocycles. The minimum atomic E-state index is 0.217. The van der Waals surface area contributed by atoms with Gasteiger partial charge in [0, 0.05) is 22.1 Å². The number of rotatable bonds is 6. The van der Waals surface area contributed by atoms with E-state index in [-0.39, 0.29) is 12.1 Å². The molecule has 0 heterocycles. The van der Waals surface area contributed by atoms with Crippen molar-refractivity contribution >= 4 is 15.9 Å². The number of benzene rings is 2. The number of halogens is 1. The lowest BCUT2D eigenvalue weighted by molar-refractivity contribution is 0.331. The van der Waals surface area contributed by atoms with Gasteiger partial charge < -0.3 is 10.1 Å². The topological polar surface area (TPSA) is 21.3 Å². The molecule has 2 rings (SSSR count). The first-order chi connectivity index (χ1) is 10.1. The van der Waals surface area contributed by atoms with Gasteiger partial charge >= 0.3 is 0 Å². The van der Waals surface area contributed by atoms with E-state index in [9.17, 15) is 0 Å². The number of nitrogens with one attached hydrogen (secondary N) is 1. The van der Waals surface area contributed by atoms with Crippen LogP contribution in [0.1, 0.15) is 44.0 Å². The third-order valence-corrected chi connectivity index (χ3v) is 4.28. The van der Waals surface area contributed by atoms with E-state index in [1.54, 1.807) is 0 Å². The molecule has 0 saturated carbocycles. The normalized spacial score (nSPS) is 13.7. The monoisotopic (exact) mass is 347 g/mol. The van der Waals surface area contributed by atoms with Gasteiger partial charge in [0.05, 0.1) is 6.61 Å². The number of ether oxygens (including phenoxy) is 1. The van der Waals surface area contributed by atoms with Crippen LogP contribution in [-0.4, -0.2) is 6.61 Å². The summed E-state index contributed by atoms with van der Waals surface area (Å²) in [5.74, 6) is 0.958. The fourth-order valence-corrected chi connectivity index (χ4v) is 3.13. The van der Waals surface area contributed by atoms with Gasteiger partial charge in [0.25, 0.3) is 0 Å². The molecule has 2 aromatic rings. The lowest BCUT2D eigenvalue weighted by Gasteiger charge is -2.23. The summed E-state index contributed by atoms with van der Waals surface area (Å²) in [4.78, 5) is 0. The van der Waals surface area contributed by atoms with Crippen LogP contribution < -0.4 is 10.1 Å². The lowest BCUT2D eigenvalue weighted by atomic mass is 10.0. The molecule has 0 saturated heterocycles. The van der Waals surface area contributed by atoms with Crippen molar-refractivity contribution in [2.45, 2.75) is 32.9 Å². The van der Waals surface area contributed by atoms with E-state index in [0.29, 0.717) is 6.61 Å². The Morgan fingerprint density at radius 3 is 2.19 bits per heavy atom. The van der Waals surface area contributed by atoms with E-state index in [2.05, 4.69) is 65.4 Å². The van der Waals surface area contributed by atoms with Crippen LogP contribution in [0.3, 0.4) is 0 Å². The molecular weight excluding hydrogens is 326 g/mol. The summed E-state index contributed by atoms with van der Waals surface area (Å²) in [7, 11) is 0. The zero-order chi connectivity index (χ0) is 15.2. The van der Waals surface area contributed by atoms with Gasteiger partial charge in [0.1, 0.15) is 5.75 Å². The molecule has 2 aromatic carbocycles. The second kappa shape index (κ2) is 7.62. The van der Waals surface area contributed by atoms with Crippen LogP contribution in [0.25, 0.3) is 0 Å². The second-order valence-electron chi connectivity index (χ2n) is 5.10. The minimum Gasteiger partial charge on any atom is -0.494 e. The molecule has 0 aliphatic rings. The number of hydrogen-bond acceptors (Lipinski definition) is 2. The van der Waals surface area contributed by atoms with Gasteiger partial charge in [-0.2, -0.15) is 0 Å². The van der Waals surface area contributed by atoms with Crippen molar-refractivity contribution in [1.82, 2.24) is 5.32 Å². The molecule has 2 unspecified atom stereocenters. The Labute approximate surface area is 135 Å². The number of para-hydroxylation sites is 1. The maximum absolute atomic E-state index is 5.72. The van der Waals surface area contributed by atoms with Gasteiger partial charge in [-0.15, -0.1) is 0 Å². The van der Waals surface area contributed by atoms with Crippen LogP contribution in [0.15, 0.2) is 53.0 Å². The van der Waals surface area contributed by atoms with Crippen LogP contribution in [-0.2, 0) is 0 Å². The number of hydrogen-bond donors (Lipinski definition) is 1. The standard InChI is InChI=1S/C18H22BrNO/c1-4-21-18-12-8-6-10-16(18)14(3)20-13(2)15-9-5-7-11-17(15)19/h5-14,20H,4H2,1-3H3. The van der Waals surface area contributed by atoms with E-state index in [1.807, 2.05) is 25.1 Å². The molecule has 21 heavy (non-hydrogen) atoms. The first kappa shape index (κ1) is 16.1. The zero-order valence-electron chi connectivity index (χ0n) is 12.8. The van der Waals surface area contributed by atoms with E-state index in [4.69, 9.17) is 4.74 Å². The maximum Gasteiger partial charge on any atom is 0.124 e. The molecular formula is C18H22BrNO. The SMILES string of the molecule is CCOc1ccccc1C(C)NC(C)c1ccccc1Br. The summed E-state index contributed by atoms with van der Waals surface area (Å²) in [5.41, 5.74) is 2.46. The molecule has 0 aromatic heterocycles. The van der Waals surface area contributed by atoms with E-state index in [1.165, 1.54) is 11.1 Å². The fourth-order valence-electron chi connectivity index (χ4n) is 2.51. The van der Waals surface area contributed by atoms with Crippen molar-refractivity contribution in [2.75, 3.05) is 6.61 Å². The molecule has 0 fully saturated rings. The Hall–Kier alpha value is -1.32. The van der Waals surface area contributed by atoms with Gasteiger partial charge in [0.15, 0.2) is 0 Å². The van der Waals surface area contributed by atoms with Crippen molar-refractivity contribution < 1.29 is 4.74 Å². The molecule has 0 amide bonds. The van der Waals surface area contributed by atoms with Crippen molar-refractivity contribution in [3.63, 3.8) is 0 Å². The van der Waals surface area contributed by atoms with Crippen LogP contribution in [0.4, 0.5) is 0 Å². The Morgan fingerprint density at radius 2 is 1.52 bits per heavy atom. The third kappa shape index (κ3) is 4.08. The quantitative estimate of drug-likeness (QED) is 0.769. The Balaban J connectivity index is 2.14.